The summed E-state index contributed by atoms with van der Waals surface area (Å²) in [5.74, 6) is -1.59. The number of benzene rings is 3. The normalized spacial score (nSPS) is 11.8. The van der Waals surface area contributed by atoms with Crippen molar-refractivity contribution in [2.75, 3.05) is 32.6 Å². The second kappa shape index (κ2) is 11.9. The number of carbonyl (C=O) groups is 2. The van der Waals surface area contributed by atoms with Crippen LogP contribution in [0.1, 0.15) is 29.5 Å². The molecule has 0 aliphatic heterocycles. The van der Waals surface area contributed by atoms with Crippen molar-refractivity contribution < 1.29 is 24.2 Å². The summed E-state index contributed by atoms with van der Waals surface area (Å²) in [6.07, 6.45) is 1.03. The number of carboxylic acids is 1. The standard InChI is InChI=1S/C30H31FN4O4/c1-34(2)15-5-8-26(36)35(3)23-12-10-22(11-13-23)32-29(20-7-4-6-19(16-20)17-27(37)38)28-24-14-9-21(31)18-25(24)33-30(28)39/h4,6-7,9-14,16,18,33,39H,5,8,15,17H2,1-3H3,(H,37,38). The number of anilines is 1. The lowest BCUT2D eigenvalue weighted by atomic mass is 9.98. The molecule has 4 rings (SSSR count). The molecule has 4 aromatic rings. The Labute approximate surface area is 226 Å². The van der Waals surface area contributed by atoms with E-state index in [1.165, 1.54) is 12.1 Å². The van der Waals surface area contributed by atoms with Crippen LogP contribution >= 0.6 is 0 Å². The Morgan fingerprint density at radius 1 is 1.00 bits per heavy atom. The van der Waals surface area contributed by atoms with Gasteiger partial charge in [0.25, 0.3) is 0 Å². The zero-order valence-electron chi connectivity index (χ0n) is 22.1. The van der Waals surface area contributed by atoms with Gasteiger partial charge in [-0.2, -0.15) is 0 Å². The number of nitrogens with one attached hydrogen (secondary N) is 1. The number of aromatic amines is 1. The van der Waals surface area contributed by atoms with Gasteiger partial charge in [0.15, 0.2) is 5.88 Å². The van der Waals surface area contributed by atoms with Crippen molar-refractivity contribution >= 4 is 39.9 Å². The molecule has 0 bridgehead atoms. The van der Waals surface area contributed by atoms with E-state index in [0.29, 0.717) is 45.4 Å². The van der Waals surface area contributed by atoms with Crippen molar-refractivity contribution in [1.82, 2.24) is 9.88 Å². The Bertz CT molecular complexity index is 1530. The Morgan fingerprint density at radius 3 is 2.44 bits per heavy atom. The van der Waals surface area contributed by atoms with Crippen LogP contribution in [-0.2, 0) is 16.0 Å². The monoisotopic (exact) mass is 530 g/mol. The molecule has 3 N–H and O–H groups in total. The first-order valence-corrected chi connectivity index (χ1v) is 12.5. The third-order valence-corrected chi connectivity index (χ3v) is 6.38. The highest BCUT2D eigenvalue weighted by atomic mass is 19.1. The molecule has 1 amide bonds. The van der Waals surface area contributed by atoms with E-state index in [1.807, 2.05) is 19.0 Å². The van der Waals surface area contributed by atoms with E-state index in [-0.39, 0.29) is 18.2 Å². The van der Waals surface area contributed by atoms with Crippen molar-refractivity contribution in [2.45, 2.75) is 19.3 Å². The molecule has 0 fully saturated rings. The van der Waals surface area contributed by atoms with E-state index in [4.69, 9.17) is 4.99 Å². The Morgan fingerprint density at radius 2 is 1.74 bits per heavy atom. The molecule has 1 heterocycles. The second-order valence-corrected chi connectivity index (χ2v) is 9.65. The third-order valence-electron chi connectivity index (χ3n) is 6.38. The molecule has 0 spiro atoms. The highest BCUT2D eigenvalue weighted by Crippen LogP contribution is 2.32. The lowest BCUT2D eigenvalue weighted by Crippen LogP contribution is -2.27. The molecular formula is C30H31FN4O4. The predicted molar refractivity (Wildman–Crippen MR) is 151 cm³/mol. The molecule has 3 aromatic carbocycles. The van der Waals surface area contributed by atoms with E-state index < -0.39 is 11.8 Å². The van der Waals surface area contributed by atoms with E-state index in [0.717, 1.165) is 18.7 Å². The fourth-order valence-electron chi connectivity index (χ4n) is 4.40. The molecule has 0 aliphatic carbocycles. The van der Waals surface area contributed by atoms with Crippen molar-refractivity contribution in [3.8, 4) is 5.88 Å². The topological polar surface area (TPSA) is 109 Å². The number of aliphatic imine (C=N–C) groups is 1. The van der Waals surface area contributed by atoms with Crippen molar-refractivity contribution in [3.63, 3.8) is 0 Å². The van der Waals surface area contributed by atoms with Gasteiger partial charge < -0.3 is 25.0 Å². The van der Waals surface area contributed by atoms with Crippen LogP contribution in [0.5, 0.6) is 5.88 Å². The summed E-state index contributed by atoms with van der Waals surface area (Å²) < 4.78 is 13.9. The molecule has 0 radical (unpaired) electrons. The average molecular weight is 531 g/mol. The number of hydrogen-bond acceptors (Lipinski definition) is 5. The maximum atomic E-state index is 13.9. The first-order chi connectivity index (χ1) is 18.6. The molecule has 39 heavy (non-hydrogen) atoms. The lowest BCUT2D eigenvalue weighted by Gasteiger charge is -2.18. The van der Waals surface area contributed by atoms with Crippen LogP contribution in [0.15, 0.2) is 71.7 Å². The second-order valence-electron chi connectivity index (χ2n) is 9.65. The smallest absolute Gasteiger partial charge is 0.307 e. The minimum absolute atomic E-state index is 0.0139. The van der Waals surface area contributed by atoms with Gasteiger partial charge in [0.2, 0.25) is 5.91 Å². The molecule has 8 nitrogen and oxygen atoms in total. The summed E-state index contributed by atoms with van der Waals surface area (Å²) >= 11 is 0. The maximum Gasteiger partial charge on any atom is 0.307 e. The van der Waals surface area contributed by atoms with Gasteiger partial charge in [-0.15, -0.1) is 0 Å². The van der Waals surface area contributed by atoms with Gasteiger partial charge in [-0.25, -0.2) is 9.38 Å². The Kier molecular flexibility index (Phi) is 8.41. The summed E-state index contributed by atoms with van der Waals surface area (Å²) in [4.78, 5) is 35.2. The number of H-pyrrole nitrogens is 1. The minimum Gasteiger partial charge on any atom is -0.494 e. The van der Waals surface area contributed by atoms with Crippen molar-refractivity contribution in [1.29, 1.82) is 0 Å². The Balaban J connectivity index is 1.73. The van der Waals surface area contributed by atoms with Gasteiger partial charge in [-0.1, -0.05) is 18.2 Å². The summed E-state index contributed by atoms with van der Waals surface area (Å²) in [5.41, 5.74) is 3.60. The fourth-order valence-corrected chi connectivity index (χ4v) is 4.40. The van der Waals surface area contributed by atoms with Gasteiger partial charge in [-0.05, 0) is 81.2 Å². The van der Waals surface area contributed by atoms with Crippen LogP contribution in [-0.4, -0.2) is 65.4 Å². The number of carbonyl (C=O) groups excluding carboxylic acids is 1. The van der Waals surface area contributed by atoms with Crippen LogP contribution in [0.4, 0.5) is 15.8 Å². The molecule has 0 atom stereocenters. The van der Waals surface area contributed by atoms with Gasteiger partial charge in [0, 0.05) is 30.1 Å². The number of halogens is 1. The number of carboxylic acid groups (broad SMARTS) is 1. The van der Waals surface area contributed by atoms with Crippen molar-refractivity contribution in [3.05, 3.63) is 89.2 Å². The summed E-state index contributed by atoms with van der Waals surface area (Å²) in [6.45, 7) is 0.830. The summed E-state index contributed by atoms with van der Waals surface area (Å²) in [7, 11) is 5.68. The zero-order valence-corrected chi connectivity index (χ0v) is 22.1. The number of nitrogens with zero attached hydrogens (tertiary/aromatic N) is 3. The van der Waals surface area contributed by atoms with Crippen LogP contribution in [0.25, 0.3) is 10.9 Å². The number of hydrogen-bond donors (Lipinski definition) is 3. The number of amides is 1. The number of aromatic hydroxyl groups is 1. The minimum atomic E-state index is -0.966. The third kappa shape index (κ3) is 6.69. The lowest BCUT2D eigenvalue weighted by molar-refractivity contribution is -0.136. The largest absolute Gasteiger partial charge is 0.494 e. The number of rotatable bonds is 10. The first-order valence-electron chi connectivity index (χ1n) is 12.5. The van der Waals surface area contributed by atoms with Crippen LogP contribution < -0.4 is 4.90 Å². The molecule has 0 saturated carbocycles. The van der Waals surface area contributed by atoms with Crippen LogP contribution in [0.2, 0.25) is 0 Å². The maximum absolute atomic E-state index is 13.9. The molecule has 0 saturated heterocycles. The first kappa shape index (κ1) is 27.5. The average Bonchev–Trinajstić information content (AvgIpc) is 3.21. The zero-order chi connectivity index (χ0) is 28.1. The van der Waals surface area contributed by atoms with Gasteiger partial charge in [0.05, 0.1) is 28.9 Å². The summed E-state index contributed by atoms with van der Waals surface area (Å²) in [5, 5.41) is 20.7. The molecule has 9 heteroatoms. The van der Waals surface area contributed by atoms with E-state index >= 15 is 0 Å². The SMILES string of the molecule is CN(C)CCCC(=O)N(C)c1ccc(N=C(c2cccc(CC(=O)O)c2)c2c(O)[nH]c3cc(F)ccc23)cc1. The number of aliphatic carboxylic acids is 1. The quantitative estimate of drug-likeness (QED) is 0.247. The van der Waals surface area contributed by atoms with Crippen molar-refractivity contribution in [2.24, 2.45) is 4.99 Å². The van der Waals surface area contributed by atoms with Gasteiger partial charge >= 0.3 is 5.97 Å². The van der Waals surface area contributed by atoms with Crippen LogP contribution in [0, 0.1) is 5.82 Å². The number of fused-ring (bicyclic) bond motifs is 1. The number of aromatic nitrogens is 1. The van der Waals surface area contributed by atoms with E-state index in [9.17, 15) is 24.2 Å². The molecule has 202 valence electrons. The van der Waals surface area contributed by atoms with E-state index in [1.54, 1.807) is 66.5 Å². The highest BCUT2D eigenvalue weighted by Gasteiger charge is 2.20. The molecule has 1 aromatic heterocycles. The van der Waals surface area contributed by atoms with E-state index in [2.05, 4.69) is 4.98 Å². The predicted octanol–water partition coefficient (Wildman–Crippen LogP) is 5.11. The highest BCUT2D eigenvalue weighted by molar-refractivity contribution is 6.22. The molecular weight excluding hydrogens is 499 g/mol. The Hall–Kier alpha value is -4.50. The van der Waals surface area contributed by atoms with Gasteiger partial charge in [-0.3, -0.25) is 9.59 Å². The fraction of sp³-hybridized carbons (Fsp3) is 0.233. The van der Waals surface area contributed by atoms with Crippen LogP contribution in [0.3, 0.4) is 0 Å². The summed E-state index contributed by atoms with van der Waals surface area (Å²) in [6, 6.07) is 18.2. The molecule has 0 aliphatic rings. The van der Waals surface area contributed by atoms with Gasteiger partial charge in [0.1, 0.15) is 5.82 Å². The molecule has 0 unspecified atom stereocenters.